The first-order valence-corrected chi connectivity index (χ1v) is 13.5. The number of hydrogen-bond donors (Lipinski definition) is 1. The lowest BCUT2D eigenvalue weighted by molar-refractivity contribution is -0.0627. The van der Waals surface area contributed by atoms with Crippen molar-refractivity contribution in [3.05, 3.63) is 69.8 Å². The molecule has 0 aromatic heterocycles. The van der Waals surface area contributed by atoms with E-state index in [9.17, 15) is 4.79 Å². The van der Waals surface area contributed by atoms with Crippen LogP contribution in [0.4, 0.5) is 0 Å². The monoisotopic (exact) mass is 470 g/mol. The van der Waals surface area contributed by atoms with Gasteiger partial charge in [-0.25, -0.2) is 4.79 Å². The minimum Gasteiger partial charge on any atom is -0.478 e. The Morgan fingerprint density at radius 3 is 2.11 bits per heavy atom. The topological polar surface area (TPSA) is 62.1 Å². The van der Waals surface area contributed by atoms with Crippen LogP contribution in [-0.2, 0) is 11.4 Å². The highest BCUT2D eigenvalue weighted by molar-refractivity contribution is 6.02. The summed E-state index contributed by atoms with van der Waals surface area (Å²) >= 11 is 0. The molecule has 7 rings (SSSR count). The van der Waals surface area contributed by atoms with Crippen LogP contribution < -0.4 is 0 Å². The minimum absolute atomic E-state index is 0.203. The minimum atomic E-state index is -0.902. The molecule has 2 aromatic carbocycles. The van der Waals surface area contributed by atoms with Gasteiger partial charge in [-0.1, -0.05) is 29.4 Å². The third-order valence-electron chi connectivity index (χ3n) is 8.86. The maximum Gasteiger partial charge on any atom is 0.335 e. The second kappa shape index (κ2) is 8.19. The Bertz CT molecular complexity index is 1180. The number of carbonyl (C=O) groups is 1. The van der Waals surface area contributed by atoms with Crippen LogP contribution in [0.25, 0.3) is 0 Å². The van der Waals surface area contributed by atoms with Crippen molar-refractivity contribution in [3.63, 3.8) is 0 Å². The van der Waals surface area contributed by atoms with Gasteiger partial charge in [0.25, 0.3) is 0 Å². The highest BCUT2D eigenvalue weighted by atomic mass is 16.7. The fourth-order valence-electron chi connectivity index (χ4n) is 6.21. The van der Waals surface area contributed by atoms with Crippen molar-refractivity contribution in [3.8, 4) is 0 Å². The average Bonchev–Trinajstić information content (AvgIpc) is 3.73. The van der Waals surface area contributed by atoms with E-state index >= 15 is 0 Å². The normalized spacial score (nSPS) is 23.8. The standard InChI is InChI=1S/C30H34N2O3/c33-29(34)23-9-7-22(8-10-23)28-17-30(35-31-28)11-13-32(14-12-30)18-24-15-26(20-3-4-20)27(21-5-6-21)16-25(24)19-1-2-19/h7-10,15-16,19-21H,1-6,11-14,17-18H2,(H,33,34). The lowest BCUT2D eigenvalue weighted by atomic mass is 9.85. The molecule has 0 amide bonds. The van der Waals surface area contributed by atoms with Crippen molar-refractivity contribution in [1.82, 2.24) is 4.90 Å². The van der Waals surface area contributed by atoms with Crippen molar-refractivity contribution < 1.29 is 14.7 Å². The molecule has 5 heteroatoms. The molecule has 2 aromatic rings. The predicted octanol–water partition coefficient (Wildman–Crippen LogP) is 6.18. The van der Waals surface area contributed by atoms with Crippen LogP contribution in [0.15, 0.2) is 41.6 Å². The maximum absolute atomic E-state index is 11.1. The summed E-state index contributed by atoms with van der Waals surface area (Å²) in [7, 11) is 0. The molecule has 0 bridgehead atoms. The predicted molar refractivity (Wildman–Crippen MR) is 135 cm³/mol. The Hall–Kier alpha value is -2.66. The van der Waals surface area contributed by atoms with E-state index in [0.717, 1.165) is 67.9 Å². The number of hydrogen-bond acceptors (Lipinski definition) is 4. The molecule has 0 unspecified atom stereocenters. The van der Waals surface area contributed by atoms with Crippen molar-refractivity contribution in [2.24, 2.45) is 5.16 Å². The lowest BCUT2D eigenvalue weighted by Gasteiger charge is -2.37. The van der Waals surface area contributed by atoms with Gasteiger partial charge in [-0.15, -0.1) is 0 Å². The number of nitrogens with zero attached hydrogens (tertiary/aromatic N) is 2. The molecule has 35 heavy (non-hydrogen) atoms. The smallest absolute Gasteiger partial charge is 0.335 e. The van der Waals surface area contributed by atoms with Crippen molar-refractivity contribution in [2.45, 2.75) is 87.7 Å². The van der Waals surface area contributed by atoms with Gasteiger partial charge in [0.2, 0.25) is 0 Å². The van der Waals surface area contributed by atoms with Gasteiger partial charge in [-0.3, -0.25) is 4.90 Å². The number of piperidine rings is 1. The van der Waals surface area contributed by atoms with Crippen LogP contribution >= 0.6 is 0 Å². The van der Waals surface area contributed by atoms with Gasteiger partial charge in [0.15, 0.2) is 0 Å². The van der Waals surface area contributed by atoms with E-state index in [0.29, 0.717) is 5.56 Å². The van der Waals surface area contributed by atoms with Gasteiger partial charge in [0.1, 0.15) is 5.60 Å². The molecule has 5 nitrogen and oxygen atoms in total. The third kappa shape index (κ3) is 4.29. The Morgan fingerprint density at radius 1 is 0.914 bits per heavy atom. The zero-order valence-corrected chi connectivity index (χ0v) is 20.3. The fraction of sp³-hybridized carbons (Fsp3) is 0.533. The van der Waals surface area contributed by atoms with Crippen LogP contribution in [0.1, 0.15) is 114 Å². The van der Waals surface area contributed by atoms with Crippen molar-refractivity contribution >= 4 is 11.7 Å². The number of likely N-dealkylation sites (tertiary alicyclic amines) is 1. The summed E-state index contributed by atoms with van der Waals surface area (Å²) in [5.74, 6) is 1.57. The van der Waals surface area contributed by atoms with Crippen LogP contribution in [0, 0.1) is 0 Å². The lowest BCUT2D eigenvalue weighted by Crippen LogP contribution is -2.44. The number of benzene rings is 2. The summed E-state index contributed by atoms with van der Waals surface area (Å²) in [4.78, 5) is 19.8. The molecule has 2 heterocycles. The van der Waals surface area contributed by atoms with E-state index in [1.165, 1.54) is 38.5 Å². The van der Waals surface area contributed by atoms with Gasteiger partial charge in [0.05, 0.1) is 11.3 Å². The highest BCUT2D eigenvalue weighted by Crippen LogP contribution is 2.52. The first-order valence-electron chi connectivity index (χ1n) is 13.5. The van der Waals surface area contributed by atoms with Crippen LogP contribution in [-0.4, -0.2) is 40.4 Å². The summed E-state index contributed by atoms with van der Waals surface area (Å²) in [6.45, 7) is 3.14. The summed E-state index contributed by atoms with van der Waals surface area (Å²) < 4.78 is 0. The highest BCUT2D eigenvalue weighted by Gasteiger charge is 2.43. The van der Waals surface area contributed by atoms with Gasteiger partial charge >= 0.3 is 5.97 Å². The van der Waals surface area contributed by atoms with E-state index in [1.54, 1.807) is 34.4 Å². The van der Waals surface area contributed by atoms with Gasteiger partial charge in [-0.2, -0.15) is 0 Å². The first-order chi connectivity index (χ1) is 17.1. The van der Waals surface area contributed by atoms with Crippen molar-refractivity contribution in [2.75, 3.05) is 13.1 Å². The molecule has 4 fully saturated rings. The Morgan fingerprint density at radius 2 is 1.51 bits per heavy atom. The SMILES string of the molecule is O=C(O)c1ccc(C2=NOC3(CCN(Cc4cc(C5CC5)c(C5CC5)cc4C4CC4)CC3)C2)cc1. The van der Waals surface area contributed by atoms with Crippen molar-refractivity contribution in [1.29, 1.82) is 0 Å². The fourth-order valence-corrected chi connectivity index (χ4v) is 6.21. The van der Waals surface area contributed by atoms with E-state index in [-0.39, 0.29) is 5.60 Å². The Balaban J connectivity index is 1.03. The van der Waals surface area contributed by atoms with Gasteiger partial charge < -0.3 is 9.94 Å². The molecule has 2 aliphatic heterocycles. The zero-order chi connectivity index (χ0) is 23.6. The van der Waals surface area contributed by atoms with E-state index in [4.69, 9.17) is 9.94 Å². The number of aromatic carboxylic acids is 1. The quantitative estimate of drug-likeness (QED) is 0.525. The summed E-state index contributed by atoms with van der Waals surface area (Å²) in [5, 5.41) is 13.6. The number of carboxylic acid groups (broad SMARTS) is 1. The van der Waals surface area contributed by atoms with Crippen LogP contribution in [0.3, 0.4) is 0 Å². The Kier molecular flexibility index (Phi) is 5.06. The Labute approximate surface area is 207 Å². The van der Waals surface area contributed by atoms with Gasteiger partial charge in [0, 0.05) is 38.9 Å². The molecule has 1 spiro atoms. The summed E-state index contributed by atoms with van der Waals surface area (Å²) in [6, 6.07) is 12.3. The van der Waals surface area contributed by atoms with E-state index in [1.807, 2.05) is 12.1 Å². The third-order valence-corrected chi connectivity index (χ3v) is 8.86. The molecule has 0 radical (unpaired) electrons. The number of carboxylic acids is 1. The second-order valence-electron chi connectivity index (χ2n) is 11.7. The van der Waals surface area contributed by atoms with Crippen LogP contribution in [0.2, 0.25) is 0 Å². The van der Waals surface area contributed by atoms with E-state index in [2.05, 4.69) is 22.2 Å². The van der Waals surface area contributed by atoms with E-state index < -0.39 is 5.97 Å². The second-order valence-corrected chi connectivity index (χ2v) is 11.7. The molecule has 182 valence electrons. The summed E-state index contributed by atoms with van der Waals surface area (Å²) in [5.41, 5.74) is 8.65. The molecule has 3 saturated carbocycles. The summed E-state index contributed by atoms with van der Waals surface area (Å²) in [6.07, 6.45) is 11.1. The van der Waals surface area contributed by atoms with Crippen LogP contribution in [0.5, 0.6) is 0 Å². The molecule has 5 aliphatic rings. The number of oxime groups is 1. The maximum atomic E-state index is 11.1. The molecule has 1 N–H and O–H groups in total. The van der Waals surface area contributed by atoms with Gasteiger partial charge in [-0.05, 0) is 96.2 Å². The zero-order valence-electron chi connectivity index (χ0n) is 20.3. The largest absolute Gasteiger partial charge is 0.478 e. The molecule has 1 saturated heterocycles. The average molecular weight is 471 g/mol. The molecular formula is C30H34N2O3. The molecule has 3 aliphatic carbocycles. The first kappa shape index (κ1) is 21.6. The number of rotatable bonds is 7. The molecular weight excluding hydrogens is 436 g/mol. The molecule has 0 atom stereocenters.